The summed E-state index contributed by atoms with van der Waals surface area (Å²) >= 11 is 6.41. The average Bonchev–Trinajstić information content (AvgIpc) is 2.85. The lowest BCUT2D eigenvalue weighted by Crippen LogP contribution is -2.22. The van der Waals surface area contributed by atoms with Crippen molar-refractivity contribution in [2.45, 2.75) is 13.2 Å². The van der Waals surface area contributed by atoms with Crippen LogP contribution >= 0.6 is 11.6 Å². The van der Waals surface area contributed by atoms with Gasteiger partial charge in [-0.3, -0.25) is 19.7 Å². The van der Waals surface area contributed by atoms with Gasteiger partial charge in [-0.15, -0.1) is 0 Å². The Hall–Kier alpha value is -4.08. The van der Waals surface area contributed by atoms with E-state index in [1.165, 1.54) is 30.3 Å². The number of esters is 1. The van der Waals surface area contributed by atoms with Crippen LogP contribution in [0.2, 0.25) is 5.02 Å². The van der Waals surface area contributed by atoms with Gasteiger partial charge in [0.05, 0.1) is 27.7 Å². The van der Waals surface area contributed by atoms with Gasteiger partial charge in [-0.2, -0.15) is 0 Å². The van der Waals surface area contributed by atoms with E-state index in [4.69, 9.17) is 25.8 Å². The zero-order valence-corrected chi connectivity index (χ0v) is 18.1. The van der Waals surface area contributed by atoms with Gasteiger partial charge >= 0.3 is 5.97 Å². The second-order valence-corrected chi connectivity index (χ2v) is 7.97. The van der Waals surface area contributed by atoms with Crippen LogP contribution in [0, 0.1) is 10.1 Å². The summed E-state index contributed by atoms with van der Waals surface area (Å²) in [5, 5.41) is 11.1. The highest BCUT2D eigenvalue weighted by atomic mass is 35.5. The summed E-state index contributed by atoms with van der Waals surface area (Å²) in [7, 11) is 0. The molecule has 2 aliphatic rings. The topological polar surface area (TPSA) is 122 Å². The number of nitro groups is 1. The van der Waals surface area contributed by atoms with E-state index < -0.39 is 16.7 Å². The van der Waals surface area contributed by atoms with E-state index in [0.29, 0.717) is 11.3 Å². The summed E-state index contributed by atoms with van der Waals surface area (Å²) in [6.45, 7) is -0.266. The van der Waals surface area contributed by atoms with Crippen LogP contribution in [0.5, 0.6) is 5.75 Å². The molecule has 3 aromatic carbocycles. The zero-order valence-electron chi connectivity index (χ0n) is 17.3. The number of hydrogen-bond acceptors (Lipinski definition) is 8. The molecule has 0 N–H and O–H groups in total. The minimum absolute atomic E-state index is 0.0416. The van der Waals surface area contributed by atoms with Gasteiger partial charge in [0, 0.05) is 39.9 Å². The highest BCUT2D eigenvalue weighted by Crippen LogP contribution is 2.36. The number of ether oxygens (including phenoxy) is 3. The van der Waals surface area contributed by atoms with Gasteiger partial charge in [-0.05, 0) is 12.1 Å². The third-order valence-corrected chi connectivity index (χ3v) is 5.98. The van der Waals surface area contributed by atoms with Gasteiger partial charge in [-0.1, -0.05) is 35.9 Å². The maximum Gasteiger partial charge on any atom is 0.340 e. The van der Waals surface area contributed by atoms with Crippen molar-refractivity contribution in [2.75, 3.05) is 6.79 Å². The normalized spacial score (nSPS) is 13.9. The Kier molecular flexibility index (Phi) is 5.35. The third kappa shape index (κ3) is 3.51. The van der Waals surface area contributed by atoms with Crippen LogP contribution in [-0.4, -0.2) is 29.3 Å². The van der Waals surface area contributed by atoms with Crippen molar-refractivity contribution in [1.29, 1.82) is 0 Å². The molecule has 34 heavy (non-hydrogen) atoms. The number of non-ortho nitro benzene ring substituents is 1. The Morgan fingerprint density at radius 1 is 1.06 bits per heavy atom. The van der Waals surface area contributed by atoms with Crippen molar-refractivity contribution in [1.82, 2.24) is 0 Å². The predicted octanol–water partition coefficient (Wildman–Crippen LogP) is 4.25. The van der Waals surface area contributed by atoms with Crippen LogP contribution < -0.4 is 4.74 Å². The summed E-state index contributed by atoms with van der Waals surface area (Å²) in [6, 6.07) is 11.6. The summed E-state index contributed by atoms with van der Waals surface area (Å²) in [5.74, 6) is -1.35. The molecule has 0 radical (unpaired) electrons. The molecule has 9 nitrogen and oxygen atoms in total. The third-order valence-electron chi connectivity index (χ3n) is 5.59. The van der Waals surface area contributed by atoms with Gasteiger partial charge < -0.3 is 14.2 Å². The maximum atomic E-state index is 13.0. The first-order valence-electron chi connectivity index (χ1n) is 10.1. The molecule has 10 heteroatoms. The largest absolute Gasteiger partial charge is 0.467 e. The van der Waals surface area contributed by atoms with Gasteiger partial charge in [0.25, 0.3) is 5.69 Å². The molecule has 170 valence electrons. The Morgan fingerprint density at radius 2 is 1.79 bits per heavy atom. The molecule has 0 fully saturated rings. The summed E-state index contributed by atoms with van der Waals surface area (Å²) < 4.78 is 16.0. The fourth-order valence-corrected chi connectivity index (χ4v) is 4.35. The zero-order chi connectivity index (χ0) is 24.0. The number of ketones is 2. The quantitative estimate of drug-likeness (QED) is 0.242. The molecule has 3 aromatic rings. The molecule has 0 spiro atoms. The van der Waals surface area contributed by atoms with Crippen LogP contribution in [0.1, 0.15) is 53.3 Å². The van der Waals surface area contributed by atoms with Crippen molar-refractivity contribution < 1.29 is 33.5 Å². The first kappa shape index (κ1) is 21.7. The molecule has 0 bridgehead atoms. The van der Waals surface area contributed by atoms with Gasteiger partial charge in [0.15, 0.2) is 18.4 Å². The predicted molar refractivity (Wildman–Crippen MR) is 117 cm³/mol. The molecular formula is C24H14ClNO8. The van der Waals surface area contributed by atoms with E-state index in [1.54, 1.807) is 18.2 Å². The van der Waals surface area contributed by atoms with Crippen LogP contribution in [-0.2, 0) is 22.7 Å². The van der Waals surface area contributed by atoms with Crippen molar-refractivity contribution in [3.05, 3.63) is 103 Å². The molecule has 0 amide bonds. The molecule has 5 rings (SSSR count). The lowest BCUT2D eigenvalue weighted by Gasteiger charge is -2.21. The van der Waals surface area contributed by atoms with E-state index in [2.05, 4.69) is 0 Å². The molecule has 0 atom stereocenters. The molecule has 0 saturated carbocycles. The van der Waals surface area contributed by atoms with Crippen molar-refractivity contribution in [3.8, 4) is 5.75 Å². The Labute approximate surface area is 197 Å². The lowest BCUT2D eigenvalue weighted by molar-refractivity contribution is -0.385. The molecule has 1 aliphatic carbocycles. The van der Waals surface area contributed by atoms with Gasteiger partial charge in [0.2, 0.25) is 0 Å². The van der Waals surface area contributed by atoms with Crippen LogP contribution in [0.25, 0.3) is 0 Å². The Bertz CT molecular complexity index is 1410. The Morgan fingerprint density at radius 3 is 2.53 bits per heavy atom. The van der Waals surface area contributed by atoms with Crippen LogP contribution in [0.3, 0.4) is 0 Å². The first-order chi connectivity index (χ1) is 16.4. The molecule has 0 unspecified atom stereocenters. The van der Waals surface area contributed by atoms with E-state index in [9.17, 15) is 24.5 Å². The van der Waals surface area contributed by atoms with Gasteiger partial charge in [0.1, 0.15) is 12.4 Å². The number of nitrogens with zero attached hydrogens (tertiary/aromatic N) is 1. The number of fused-ring (bicyclic) bond motifs is 3. The smallest absolute Gasteiger partial charge is 0.340 e. The first-order valence-corrected chi connectivity index (χ1v) is 10.4. The number of hydrogen-bond donors (Lipinski definition) is 0. The van der Waals surface area contributed by atoms with Crippen LogP contribution in [0.4, 0.5) is 5.69 Å². The van der Waals surface area contributed by atoms with E-state index in [-0.39, 0.29) is 69.9 Å². The number of carbonyl (C=O) groups is 3. The lowest BCUT2D eigenvalue weighted by atomic mass is 9.83. The van der Waals surface area contributed by atoms with E-state index in [1.807, 2.05) is 0 Å². The minimum Gasteiger partial charge on any atom is -0.467 e. The van der Waals surface area contributed by atoms with Crippen molar-refractivity contribution >= 4 is 34.8 Å². The molecule has 1 heterocycles. The molecule has 0 saturated heterocycles. The van der Waals surface area contributed by atoms with E-state index in [0.717, 1.165) is 0 Å². The molecule has 0 aromatic heterocycles. The highest BCUT2D eigenvalue weighted by molar-refractivity contribution is 6.41. The number of benzene rings is 3. The van der Waals surface area contributed by atoms with E-state index >= 15 is 0 Å². The van der Waals surface area contributed by atoms with Crippen LogP contribution in [0.15, 0.2) is 48.5 Å². The second kappa shape index (κ2) is 8.36. The molecular weight excluding hydrogens is 466 g/mol. The van der Waals surface area contributed by atoms with Crippen molar-refractivity contribution in [2.24, 2.45) is 0 Å². The average molecular weight is 480 g/mol. The number of rotatable bonds is 4. The second-order valence-electron chi connectivity index (χ2n) is 7.59. The number of halogens is 1. The monoisotopic (exact) mass is 479 g/mol. The molecule has 1 aliphatic heterocycles. The minimum atomic E-state index is -0.862. The summed E-state index contributed by atoms with van der Waals surface area (Å²) in [4.78, 5) is 49.4. The number of carbonyl (C=O) groups excluding carboxylic acids is 3. The SMILES string of the molecule is O=C(OCc1cc([N+](=O)[O-])cc2c1OCOC2)c1ccc2c(c1Cl)C(=O)c1ccccc1C2=O. The fraction of sp³-hybridized carbons (Fsp3) is 0.125. The fourth-order valence-electron chi connectivity index (χ4n) is 4.02. The highest BCUT2D eigenvalue weighted by Gasteiger charge is 2.33. The summed E-state index contributed by atoms with van der Waals surface area (Å²) in [6.07, 6.45) is 0. The van der Waals surface area contributed by atoms with Gasteiger partial charge in [-0.25, -0.2) is 4.79 Å². The maximum absolute atomic E-state index is 13.0. The standard InChI is InChI=1S/C24H14ClNO8/c25-20-18(6-5-17-19(20)22(28)16-4-2-1-3-15(16)21(17)27)24(29)33-10-13-8-14(26(30)31)7-12-9-32-11-34-23(12)13/h1-8H,9-11H2. The summed E-state index contributed by atoms with van der Waals surface area (Å²) in [5.41, 5.74) is 0.953. The Balaban J connectivity index is 1.45. The number of nitro benzene ring substituents is 1. The van der Waals surface area contributed by atoms with Crippen molar-refractivity contribution in [3.63, 3.8) is 0 Å².